The molecular formula is C11H11N5OS. The molecule has 3 heterocycles. The van der Waals surface area contributed by atoms with Gasteiger partial charge in [-0.15, -0.1) is 11.3 Å². The van der Waals surface area contributed by atoms with Crippen LogP contribution in [0.1, 0.15) is 11.7 Å². The van der Waals surface area contributed by atoms with Crippen LogP contribution in [-0.2, 0) is 6.54 Å². The van der Waals surface area contributed by atoms with Gasteiger partial charge in [-0.25, -0.2) is 9.97 Å². The second-order valence-electron chi connectivity index (χ2n) is 3.79. The monoisotopic (exact) mass is 261 g/mol. The number of anilines is 2. The Balaban J connectivity index is 1.87. The molecule has 0 atom stereocenters. The highest BCUT2D eigenvalue weighted by Gasteiger charge is 2.08. The molecule has 7 heteroatoms. The number of thiophene rings is 1. The molecule has 3 rings (SSSR count). The van der Waals surface area contributed by atoms with Gasteiger partial charge in [0, 0.05) is 0 Å². The Morgan fingerprint density at radius 3 is 3.11 bits per heavy atom. The summed E-state index contributed by atoms with van der Waals surface area (Å²) < 4.78 is 5.38. The molecule has 0 saturated heterocycles. The lowest BCUT2D eigenvalue weighted by atomic mass is 10.4. The number of aromatic nitrogens is 3. The van der Waals surface area contributed by atoms with Crippen LogP contribution in [0.25, 0.3) is 10.2 Å². The van der Waals surface area contributed by atoms with E-state index in [1.165, 1.54) is 11.3 Å². The van der Waals surface area contributed by atoms with Crippen LogP contribution >= 0.6 is 11.3 Å². The Labute approximate surface area is 107 Å². The van der Waals surface area contributed by atoms with Crippen molar-refractivity contribution >= 4 is 33.3 Å². The van der Waals surface area contributed by atoms with Crippen LogP contribution in [0.2, 0.25) is 0 Å². The smallest absolute Gasteiger partial charge is 0.223 e. The minimum absolute atomic E-state index is 0.260. The van der Waals surface area contributed by atoms with Crippen molar-refractivity contribution in [3.05, 3.63) is 29.3 Å². The van der Waals surface area contributed by atoms with Gasteiger partial charge >= 0.3 is 0 Å². The van der Waals surface area contributed by atoms with E-state index in [-0.39, 0.29) is 5.95 Å². The summed E-state index contributed by atoms with van der Waals surface area (Å²) >= 11 is 1.53. The van der Waals surface area contributed by atoms with Crippen molar-refractivity contribution in [2.45, 2.75) is 13.5 Å². The van der Waals surface area contributed by atoms with E-state index in [9.17, 15) is 0 Å². The number of nitrogens with two attached hydrogens (primary N) is 1. The molecule has 3 aromatic rings. The highest BCUT2D eigenvalue weighted by molar-refractivity contribution is 7.16. The molecule has 0 unspecified atom stereocenters. The van der Waals surface area contributed by atoms with E-state index >= 15 is 0 Å². The van der Waals surface area contributed by atoms with Crippen molar-refractivity contribution in [1.82, 2.24) is 15.0 Å². The number of nitrogens with zero attached hydrogens (tertiary/aromatic N) is 3. The molecule has 0 spiro atoms. The van der Waals surface area contributed by atoms with Gasteiger partial charge in [0.25, 0.3) is 0 Å². The van der Waals surface area contributed by atoms with Crippen LogP contribution in [0.15, 0.2) is 22.1 Å². The number of hydrogen-bond acceptors (Lipinski definition) is 7. The summed E-state index contributed by atoms with van der Waals surface area (Å²) in [4.78, 5) is 13.3. The fourth-order valence-corrected chi connectivity index (χ4v) is 2.42. The Bertz CT molecular complexity index is 690. The Morgan fingerprint density at radius 1 is 1.44 bits per heavy atom. The summed E-state index contributed by atoms with van der Waals surface area (Å²) in [5.41, 5.74) is 5.66. The highest BCUT2D eigenvalue weighted by Crippen LogP contribution is 2.25. The zero-order valence-electron chi connectivity index (χ0n) is 9.67. The minimum Gasteiger partial charge on any atom is -0.444 e. The van der Waals surface area contributed by atoms with Crippen molar-refractivity contribution in [3.63, 3.8) is 0 Å². The molecule has 0 bridgehead atoms. The molecule has 0 aromatic carbocycles. The van der Waals surface area contributed by atoms with E-state index < -0.39 is 0 Å². The first-order valence-electron chi connectivity index (χ1n) is 5.38. The minimum atomic E-state index is 0.260. The van der Waals surface area contributed by atoms with E-state index in [2.05, 4.69) is 20.3 Å². The topological polar surface area (TPSA) is 89.9 Å². The van der Waals surface area contributed by atoms with Crippen molar-refractivity contribution in [1.29, 1.82) is 0 Å². The molecule has 0 radical (unpaired) electrons. The highest BCUT2D eigenvalue weighted by atomic mass is 32.1. The largest absolute Gasteiger partial charge is 0.444 e. The van der Waals surface area contributed by atoms with Crippen LogP contribution in [0, 0.1) is 6.92 Å². The molecule has 0 aliphatic rings. The number of rotatable bonds is 3. The van der Waals surface area contributed by atoms with Gasteiger partial charge in [-0.1, -0.05) is 0 Å². The molecule has 0 fully saturated rings. The molecule has 18 heavy (non-hydrogen) atoms. The van der Waals surface area contributed by atoms with Gasteiger partial charge in [-0.2, -0.15) is 4.98 Å². The van der Waals surface area contributed by atoms with Crippen LogP contribution in [0.3, 0.4) is 0 Å². The summed E-state index contributed by atoms with van der Waals surface area (Å²) in [7, 11) is 0. The summed E-state index contributed by atoms with van der Waals surface area (Å²) in [5.74, 6) is 2.37. The molecular weight excluding hydrogens is 250 g/mol. The Hall–Kier alpha value is -2.15. The van der Waals surface area contributed by atoms with Gasteiger partial charge in [-0.05, 0) is 18.4 Å². The maximum absolute atomic E-state index is 5.66. The number of fused-ring (bicyclic) bond motifs is 1. The van der Waals surface area contributed by atoms with Gasteiger partial charge < -0.3 is 15.5 Å². The Kier molecular flexibility index (Phi) is 2.60. The van der Waals surface area contributed by atoms with Crippen LogP contribution < -0.4 is 11.1 Å². The zero-order valence-corrected chi connectivity index (χ0v) is 10.5. The van der Waals surface area contributed by atoms with E-state index in [0.717, 1.165) is 16.0 Å². The number of aryl methyl sites for hydroxylation is 1. The van der Waals surface area contributed by atoms with Crippen LogP contribution in [0.5, 0.6) is 0 Å². The summed E-state index contributed by atoms with van der Waals surface area (Å²) in [6.07, 6.45) is 1.69. The van der Waals surface area contributed by atoms with E-state index in [0.29, 0.717) is 18.3 Å². The number of oxazole rings is 1. The number of hydrogen-bond donors (Lipinski definition) is 2. The summed E-state index contributed by atoms with van der Waals surface area (Å²) in [6.45, 7) is 2.32. The predicted octanol–water partition coefficient (Wildman–Crippen LogP) is 2.18. The number of nitrogens with one attached hydrogen (secondary N) is 1. The van der Waals surface area contributed by atoms with Gasteiger partial charge in [0.15, 0.2) is 0 Å². The van der Waals surface area contributed by atoms with E-state index in [4.69, 9.17) is 10.2 Å². The zero-order chi connectivity index (χ0) is 12.5. The molecule has 92 valence electrons. The first kappa shape index (κ1) is 11.0. The fourth-order valence-electron chi connectivity index (χ4n) is 1.65. The summed E-state index contributed by atoms with van der Waals surface area (Å²) in [5, 5.41) is 6.08. The van der Waals surface area contributed by atoms with Crippen molar-refractivity contribution in [3.8, 4) is 0 Å². The van der Waals surface area contributed by atoms with Gasteiger partial charge in [0.05, 0.1) is 18.1 Å². The summed E-state index contributed by atoms with van der Waals surface area (Å²) in [6, 6.07) is 1.96. The van der Waals surface area contributed by atoms with Crippen molar-refractivity contribution < 1.29 is 4.42 Å². The maximum Gasteiger partial charge on any atom is 0.223 e. The second-order valence-corrected chi connectivity index (χ2v) is 4.68. The first-order chi connectivity index (χ1) is 8.72. The second kappa shape index (κ2) is 4.26. The van der Waals surface area contributed by atoms with E-state index in [1.54, 1.807) is 6.20 Å². The van der Waals surface area contributed by atoms with Crippen LogP contribution in [0.4, 0.5) is 11.8 Å². The third-order valence-corrected chi connectivity index (χ3v) is 3.23. The molecule has 0 saturated carbocycles. The van der Waals surface area contributed by atoms with Gasteiger partial charge in [0.2, 0.25) is 11.8 Å². The first-order valence-corrected chi connectivity index (χ1v) is 6.26. The molecule has 3 aromatic heterocycles. The predicted molar refractivity (Wildman–Crippen MR) is 70.4 cm³/mol. The SMILES string of the molecule is Cc1cnc(CNc2nc(N)nc3sccc23)o1. The van der Waals surface area contributed by atoms with E-state index in [1.807, 2.05) is 18.4 Å². The third kappa shape index (κ3) is 2.00. The van der Waals surface area contributed by atoms with Gasteiger partial charge in [-0.3, -0.25) is 0 Å². The lowest BCUT2D eigenvalue weighted by Gasteiger charge is -2.05. The lowest BCUT2D eigenvalue weighted by molar-refractivity contribution is 0.479. The van der Waals surface area contributed by atoms with Crippen LogP contribution in [-0.4, -0.2) is 15.0 Å². The molecule has 3 N–H and O–H groups in total. The lowest BCUT2D eigenvalue weighted by Crippen LogP contribution is -2.04. The average Bonchev–Trinajstić information content (AvgIpc) is 2.94. The van der Waals surface area contributed by atoms with Crippen molar-refractivity contribution in [2.24, 2.45) is 0 Å². The Morgan fingerprint density at radius 2 is 2.33 bits per heavy atom. The number of nitrogen functional groups attached to an aromatic ring is 1. The third-order valence-electron chi connectivity index (χ3n) is 2.42. The fraction of sp³-hybridized carbons (Fsp3) is 0.182. The maximum atomic E-state index is 5.66. The molecule has 0 aliphatic heterocycles. The quantitative estimate of drug-likeness (QED) is 0.751. The van der Waals surface area contributed by atoms with Gasteiger partial charge in [0.1, 0.15) is 16.4 Å². The normalized spacial score (nSPS) is 10.9. The standard InChI is InChI=1S/C11H11N5OS/c1-6-4-13-8(17-6)5-14-9-7-2-3-18-10(7)16-11(12)15-9/h2-4H,5H2,1H3,(H3,12,14,15,16). The molecule has 0 aliphatic carbocycles. The van der Waals surface area contributed by atoms with Crippen molar-refractivity contribution in [2.75, 3.05) is 11.1 Å². The average molecular weight is 261 g/mol. The molecule has 0 amide bonds. The molecule has 6 nitrogen and oxygen atoms in total.